The van der Waals surface area contributed by atoms with Crippen molar-refractivity contribution in [2.45, 2.75) is 31.7 Å². The van der Waals surface area contributed by atoms with Crippen LogP contribution >= 0.6 is 11.3 Å². The molecule has 0 bridgehead atoms. The molecular weight excluding hydrogens is 384 g/mol. The molecule has 2 aliphatic rings. The Balaban J connectivity index is 1.44. The zero-order chi connectivity index (χ0) is 20.0. The quantitative estimate of drug-likeness (QED) is 0.718. The largest absolute Gasteiger partial charge is 0.347 e. The van der Waals surface area contributed by atoms with Crippen LogP contribution in [0.25, 0.3) is 10.3 Å². The molecule has 1 unspecified atom stereocenters. The zero-order valence-electron chi connectivity index (χ0n) is 16.6. The SMILES string of the molecule is CC1CN(c2ncnc3sc(C(=O)NC4CCN(C)CC4)nc23)c2ccccc21. The minimum absolute atomic E-state index is 0.108. The van der Waals surface area contributed by atoms with E-state index in [1.54, 1.807) is 6.33 Å². The highest BCUT2D eigenvalue weighted by molar-refractivity contribution is 7.20. The highest BCUT2D eigenvalue weighted by atomic mass is 32.1. The van der Waals surface area contributed by atoms with Crippen molar-refractivity contribution < 1.29 is 4.79 Å². The molecule has 2 aliphatic heterocycles. The first-order chi connectivity index (χ1) is 14.1. The minimum atomic E-state index is -0.108. The summed E-state index contributed by atoms with van der Waals surface area (Å²) in [7, 11) is 2.11. The molecule has 1 N–H and O–H groups in total. The van der Waals surface area contributed by atoms with Crippen LogP contribution in [0.2, 0.25) is 0 Å². The number of nitrogens with one attached hydrogen (secondary N) is 1. The number of fused-ring (bicyclic) bond motifs is 2. The number of piperidine rings is 1. The van der Waals surface area contributed by atoms with E-state index >= 15 is 0 Å². The molecule has 29 heavy (non-hydrogen) atoms. The predicted molar refractivity (Wildman–Crippen MR) is 115 cm³/mol. The molecule has 1 saturated heterocycles. The van der Waals surface area contributed by atoms with Crippen molar-refractivity contribution in [3.63, 3.8) is 0 Å². The molecule has 0 saturated carbocycles. The van der Waals surface area contributed by atoms with Gasteiger partial charge in [-0.1, -0.05) is 36.5 Å². The Morgan fingerprint density at radius 1 is 1.21 bits per heavy atom. The normalized spacial score (nSPS) is 20.2. The van der Waals surface area contributed by atoms with E-state index in [4.69, 9.17) is 0 Å². The number of thiazole rings is 1. The van der Waals surface area contributed by atoms with Gasteiger partial charge in [0.05, 0.1) is 0 Å². The number of para-hydroxylation sites is 1. The van der Waals surface area contributed by atoms with Crippen LogP contribution in [-0.2, 0) is 0 Å². The number of aromatic nitrogens is 3. The molecular formula is C21H24N6OS. The van der Waals surface area contributed by atoms with Gasteiger partial charge < -0.3 is 15.1 Å². The van der Waals surface area contributed by atoms with E-state index < -0.39 is 0 Å². The van der Waals surface area contributed by atoms with Gasteiger partial charge in [0.2, 0.25) is 0 Å². The maximum Gasteiger partial charge on any atom is 0.280 e. The summed E-state index contributed by atoms with van der Waals surface area (Å²) in [5.41, 5.74) is 3.18. The molecule has 4 heterocycles. The van der Waals surface area contributed by atoms with E-state index in [0.717, 1.165) is 48.8 Å². The second-order valence-corrected chi connectivity index (χ2v) is 8.97. The number of rotatable bonds is 3. The van der Waals surface area contributed by atoms with E-state index in [2.05, 4.69) is 62.2 Å². The monoisotopic (exact) mass is 408 g/mol. The van der Waals surface area contributed by atoms with Crippen molar-refractivity contribution in [3.8, 4) is 0 Å². The van der Waals surface area contributed by atoms with Gasteiger partial charge in [0.15, 0.2) is 10.8 Å². The van der Waals surface area contributed by atoms with Crippen molar-refractivity contribution in [2.24, 2.45) is 0 Å². The summed E-state index contributed by atoms with van der Waals surface area (Å²) in [6.45, 7) is 5.08. The van der Waals surface area contributed by atoms with Crippen LogP contribution in [0, 0.1) is 0 Å². The molecule has 0 spiro atoms. The Labute approximate surface area is 173 Å². The number of likely N-dealkylation sites (tertiary alicyclic amines) is 1. The molecule has 8 heteroatoms. The smallest absolute Gasteiger partial charge is 0.280 e. The van der Waals surface area contributed by atoms with Crippen molar-refractivity contribution in [3.05, 3.63) is 41.2 Å². The molecule has 1 atom stereocenters. The van der Waals surface area contributed by atoms with E-state index in [1.165, 1.54) is 16.9 Å². The summed E-state index contributed by atoms with van der Waals surface area (Å²) in [6.07, 6.45) is 3.52. The molecule has 5 rings (SSSR count). The third kappa shape index (κ3) is 3.36. The van der Waals surface area contributed by atoms with Gasteiger partial charge in [-0.15, -0.1) is 0 Å². The first-order valence-corrected chi connectivity index (χ1v) is 10.9. The lowest BCUT2D eigenvalue weighted by atomic mass is 10.0. The van der Waals surface area contributed by atoms with Crippen molar-refractivity contribution in [1.29, 1.82) is 0 Å². The van der Waals surface area contributed by atoms with Gasteiger partial charge in [0.25, 0.3) is 5.91 Å². The zero-order valence-corrected chi connectivity index (χ0v) is 17.4. The predicted octanol–water partition coefficient (Wildman–Crippen LogP) is 3.17. The fourth-order valence-electron chi connectivity index (χ4n) is 4.26. The molecule has 1 fully saturated rings. The molecule has 1 amide bonds. The summed E-state index contributed by atoms with van der Waals surface area (Å²) < 4.78 is 0. The number of hydrogen-bond donors (Lipinski definition) is 1. The lowest BCUT2D eigenvalue weighted by molar-refractivity contribution is 0.0916. The van der Waals surface area contributed by atoms with E-state index in [0.29, 0.717) is 16.4 Å². The number of amides is 1. The van der Waals surface area contributed by atoms with Crippen LogP contribution in [0.4, 0.5) is 11.5 Å². The molecule has 1 aromatic carbocycles. The Bertz CT molecular complexity index is 1060. The van der Waals surface area contributed by atoms with Crippen molar-refractivity contribution in [2.75, 3.05) is 31.6 Å². The summed E-state index contributed by atoms with van der Waals surface area (Å²) in [4.78, 5) is 31.6. The van der Waals surface area contributed by atoms with Crippen molar-refractivity contribution >= 4 is 39.1 Å². The highest BCUT2D eigenvalue weighted by Gasteiger charge is 2.29. The Morgan fingerprint density at radius 2 is 2.00 bits per heavy atom. The number of carbonyl (C=O) groups excluding carboxylic acids is 1. The molecule has 0 aliphatic carbocycles. The Morgan fingerprint density at radius 3 is 2.83 bits per heavy atom. The summed E-state index contributed by atoms with van der Waals surface area (Å²) in [6, 6.07) is 8.61. The first-order valence-electron chi connectivity index (χ1n) is 10.1. The van der Waals surface area contributed by atoms with E-state index in [-0.39, 0.29) is 11.9 Å². The molecule has 150 valence electrons. The molecule has 7 nitrogen and oxygen atoms in total. The fourth-order valence-corrected chi connectivity index (χ4v) is 5.06. The third-order valence-corrected chi connectivity index (χ3v) is 6.86. The second kappa shape index (κ2) is 7.35. The summed E-state index contributed by atoms with van der Waals surface area (Å²) in [5.74, 6) is 1.09. The average molecular weight is 409 g/mol. The topological polar surface area (TPSA) is 74.2 Å². The van der Waals surface area contributed by atoms with Gasteiger partial charge in [-0.2, -0.15) is 0 Å². The van der Waals surface area contributed by atoms with Gasteiger partial charge >= 0.3 is 0 Å². The standard InChI is InChI=1S/C21H24N6OS/c1-13-11-27(16-6-4-3-5-15(13)16)18-17-20(23-12-22-18)29-21(25-17)19(28)24-14-7-9-26(2)10-8-14/h3-6,12-14H,7-11H2,1-2H3,(H,24,28). The lowest BCUT2D eigenvalue weighted by Gasteiger charge is -2.29. The van der Waals surface area contributed by atoms with Gasteiger partial charge in [-0.25, -0.2) is 15.0 Å². The van der Waals surface area contributed by atoms with Gasteiger partial charge in [-0.05, 0) is 44.6 Å². The summed E-state index contributed by atoms with van der Waals surface area (Å²) in [5, 5.41) is 3.61. The van der Waals surface area contributed by atoms with Crippen LogP contribution in [0.1, 0.15) is 41.0 Å². The second-order valence-electron chi connectivity index (χ2n) is 7.99. The number of benzene rings is 1. The van der Waals surface area contributed by atoms with Crippen LogP contribution < -0.4 is 10.2 Å². The van der Waals surface area contributed by atoms with E-state index in [9.17, 15) is 4.79 Å². The molecule has 2 aromatic heterocycles. The molecule has 3 aromatic rings. The van der Waals surface area contributed by atoms with Crippen LogP contribution in [0.3, 0.4) is 0 Å². The fraction of sp³-hybridized carbons (Fsp3) is 0.429. The van der Waals surface area contributed by atoms with Gasteiger partial charge in [0, 0.05) is 24.2 Å². The number of hydrogen-bond acceptors (Lipinski definition) is 7. The minimum Gasteiger partial charge on any atom is -0.347 e. The highest BCUT2D eigenvalue weighted by Crippen LogP contribution is 2.41. The maximum atomic E-state index is 12.8. The number of carbonyl (C=O) groups is 1. The number of nitrogens with zero attached hydrogens (tertiary/aromatic N) is 5. The van der Waals surface area contributed by atoms with Crippen LogP contribution in [0.5, 0.6) is 0 Å². The van der Waals surface area contributed by atoms with Crippen molar-refractivity contribution in [1.82, 2.24) is 25.2 Å². The van der Waals surface area contributed by atoms with Gasteiger partial charge in [0.1, 0.15) is 16.7 Å². The average Bonchev–Trinajstić information content (AvgIpc) is 3.31. The van der Waals surface area contributed by atoms with Crippen LogP contribution in [-0.4, -0.2) is 58.5 Å². The summed E-state index contributed by atoms with van der Waals surface area (Å²) >= 11 is 1.34. The first kappa shape index (κ1) is 18.4. The Hall–Kier alpha value is -2.58. The molecule has 0 radical (unpaired) electrons. The third-order valence-electron chi connectivity index (χ3n) is 5.89. The van der Waals surface area contributed by atoms with E-state index in [1.807, 2.05) is 6.07 Å². The Kier molecular flexibility index (Phi) is 4.67. The maximum absolute atomic E-state index is 12.8. The lowest BCUT2D eigenvalue weighted by Crippen LogP contribution is -2.43. The van der Waals surface area contributed by atoms with Crippen LogP contribution in [0.15, 0.2) is 30.6 Å². The van der Waals surface area contributed by atoms with Gasteiger partial charge in [-0.3, -0.25) is 4.79 Å². The number of anilines is 2.